The zero-order valence-electron chi connectivity index (χ0n) is 2.44. The molecule has 0 spiro atoms. The molecule has 0 heterocycles. The van der Waals surface area contributed by atoms with E-state index in [-0.39, 0.29) is 6.10 Å². The molecule has 1 N–H and O–H groups in total. The van der Waals surface area contributed by atoms with Gasteiger partial charge in [0.15, 0.2) is 0 Å². The summed E-state index contributed by atoms with van der Waals surface area (Å²) < 4.78 is 0. The van der Waals surface area contributed by atoms with Crippen LogP contribution in [0.3, 0.4) is 0 Å². The van der Waals surface area contributed by atoms with Gasteiger partial charge in [0.05, 0.1) is 0 Å². The van der Waals surface area contributed by atoms with Crippen LogP contribution in [0.15, 0.2) is 0 Å². The van der Waals surface area contributed by atoms with Crippen LogP contribution in [0.2, 0.25) is 0 Å². The van der Waals surface area contributed by atoms with Crippen molar-refractivity contribution in [1.82, 2.24) is 0 Å². The first-order chi connectivity index (χ1) is 2.27. The molecule has 4 heteroatoms. The number of carbonyl (C=O) groups is 1. The van der Waals surface area contributed by atoms with Crippen LogP contribution in [0.1, 0.15) is 0 Å². The quantitative estimate of drug-likeness (QED) is 0.531. The standard InChI is InChI=1S/CH2BBrO2/c3-2-1(4)5/h2H,(H,4,5). The Labute approximate surface area is 38.4 Å². The highest BCUT2D eigenvalue weighted by molar-refractivity contribution is 9.24. The van der Waals surface area contributed by atoms with Gasteiger partial charge in [-0.3, -0.25) is 4.79 Å². The highest BCUT2D eigenvalue weighted by atomic mass is 79.9. The normalized spacial score (nSPS) is 6.60. The van der Waals surface area contributed by atoms with Gasteiger partial charge in [-0.25, -0.2) is 0 Å². The van der Waals surface area contributed by atoms with Crippen LogP contribution in [0, 0.1) is 0 Å². The molecule has 0 radical (unpaired) electrons. The van der Waals surface area contributed by atoms with Crippen LogP contribution in [-0.2, 0) is 0 Å². The van der Waals surface area contributed by atoms with Crippen molar-refractivity contribution in [2.75, 3.05) is 0 Å². The van der Waals surface area contributed by atoms with E-state index in [2.05, 4.69) is 15.8 Å². The molecular formula is CH2BBrO2. The Morgan fingerprint density at radius 1 is 2.00 bits per heavy atom. The molecule has 0 rings (SSSR count). The van der Waals surface area contributed by atoms with Crippen LogP contribution < -0.4 is 0 Å². The molecule has 0 atom stereocenters. The largest absolute Gasteiger partial charge is 0.489 e. The summed E-state index contributed by atoms with van der Waals surface area (Å²) in [5.74, 6) is -0.829. The van der Waals surface area contributed by atoms with E-state index in [9.17, 15) is 4.79 Å². The lowest BCUT2D eigenvalue weighted by Crippen LogP contribution is -1.93. The lowest BCUT2D eigenvalue weighted by molar-refractivity contribution is 0.220. The van der Waals surface area contributed by atoms with Gasteiger partial charge in [-0.2, -0.15) is 0 Å². The fourth-order valence-electron chi connectivity index (χ4n) is 0. The van der Waals surface area contributed by atoms with Gasteiger partial charge in [-0.15, -0.1) is 15.8 Å². The van der Waals surface area contributed by atoms with Crippen LogP contribution in [0.25, 0.3) is 0 Å². The molecule has 0 aliphatic rings. The molecule has 0 aliphatic heterocycles. The van der Waals surface area contributed by atoms with E-state index < -0.39 is 5.87 Å². The summed E-state index contributed by atoms with van der Waals surface area (Å²) in [4.78, 5) is 9.32. The lowest BCUT2D eigenvalue weighted by atomic mass is 10.2. The molecular weight excluding hydrogens is 135 g/mol. The summed E-state index contributed by atoms with van der Waals surface area (Å²) in [7, 11) is 0. The maximum absolute atomic E-state index is 9.32. The molecule has 0 aromatic rings. The first kappa shape index (κ1) is 5.01. The van der Waals surface area contributed by atoms with Crippen molar-refractivity contribution in [3.05, 3.63) is 0 Å². The van der Waals surface area contributed by atoms with Crippen molar-refractivity contribution in [1.29, 1.82) is 0 Å². The second-order valence-electron chi connectivity index (χ2n) is 0.527. The topological polar surface area (TPSA) is 37.3 Å². The summed E-state index contributed by atoms with van der Waals surface area (Å²) in [6.07, 6.45) is 0.0347. The average molecular weight is 137 g/mol. The van der Waals surface area contributed by atoms with E-state index in [1.165, 1.54) is 0 Å². The third-order valence-electron chi connectivity index (χ3n) is 0.114. The van der Waals surface area contributed by atoms with Gasteiger partial charge in [0, 0.05) is 0 Å². The van der Waals surface area contributed by atoms with Crippen molar-refractivity contribution in [3.63, 3.8) is 0 Å². The summed E-state index contributed by atoms with van der Waals surface area (Å²) >= 11 is 2.71. The van der Waals surface area contributed by atoms with E-state index in [0.29, 0.717) is 0 Å². The van der Waals surface area contributed by atoms with E-state index in [0.717, 1.165) is 0 Å². The fraction of sp³-hybridized carbons (Fsp3) is 0. The molecule has 5 heavy (non-hydrogen) atoms. The van der Waals surface area contributed by atoms with Gasteiger partial charge in [-0.05, 0) is 0 Å². The number of rotatable bonds is 1. The molecule has 0 aliphatic carbocycles. The van der Waals surface area contributed by atoms with E-state index in [1.54, 1.807) is 0 Å². The first-order valence-electron chi connectivity index (χ1n) is 1.05. The minimum Gasteiger partial charge on any atom is -0.489 e. The lowest BCUT2D eigenvalue weighted by Gasteiger charge is -1.67. The van der Waals surface area contributed by atoms with Crippen molar-refractivity contribution in [2.45, 2.75) is 0 Å². The molecule has 0 fully saturated rings. The summed E-state index contributed by atoms with van der Waals surface area (Å²) in [5, 5.41) is 7.68. The molecule has 0 unspecified atom stereocenters. The second kappa shape index (κ2) is 2.26. The molecule has 0 aromatic heterocycles. The van der Waals surface area contributed by atoms with Crippen molar-refractivity contribution in [3.8, 4) is 0 Å². The van der Waals surface area contributed by atoms with Crippen molar-refractivity contribution < 1.29 is 9.90 Å². The second-order valence-corrected chi connectivity index (χ2v) is 1.09. The SMILES string of the molecule is O=C(O)BBr. The number of halogens is 1. The van der Waals surface area contributed by atoms with Gasteiger partial charge in [0.25, 0.3) is 5.87 Å². The Balaban J connectivity index is 2.85. The predicted octanol–water partition coefficient (Wildman–Crippen LogP) is 0.411. The van der Waals surface area contributed by atoms with E-state index >= 15 is 0 Å². The maximum atomic E-state index is 9.32. The average Bonchev–Trinajstić information content (AvgIpc) is 1.38. The Bertz CT molecular complexity index is 44.9. The van der Waals surface area contributed by atoms with Crippen LogP contribution in [0.5, 0.6) is 0 Å². The molecule has 28 valence electrons. The van der Waals surface area contributed by atoms with Gasteiger partial charge in [-0.1, -0.05) is 0 Å². The van der Waals surface area contributed by atoms with Gasteiger partial charge in [0.1, 0.15) is 0 Å². The Kier molecular flexibility index (Phi) is 2.27. The highest BCUT2D eigenvalue weighted by Gasteiger charge is 1.88. The molecule has 0 saturated heterocycles. The zero-order chi connectivity index (χ0) is 4.28. The summed E-state index contributed by atoms with van der Waals surface area (Å²) in [6.45, 7) is 0. The maximum Gasteiger partial charge on any atom is 0.337 e. The molecule has 2 nitrogen and oxygen atoms in total. The summed E-state index contributed by atoms with van der Waals surface area (Å²) in [6, 6.07) is 0. The zero-order valence-corrected chi connectivity index (χ0v) is 4.03. The Hall–Kier alpha value is 0.0149. The van der Waals surface area contributed by atoms with Crippen LogP contribution in [-0.4, -0.2) is 17.1 Å². The minimum atomic E-state index is -0.829. The van der Waals surface area contributed by atoms with E-state index in [4.69, 9.17) is 5.11 Å². The van der Waals surface area contributed by atoms with Crippen molar-refractivity contribution >= 4 is 27.7 Å². The third kappa shape index (κ3) is 4.01. The number of hydrogen-bond donors (Lipinski definition) is 1. The van der Waals surface area contributed by atoms with Gasteiger partial charge >= 0.3 is 6.10 Å². The van der Waals surface area contributed by atoms with Gasteiger partial charge in [0.2, 0.25) is 0 Å². The van der Waals surface area contributed by atoms with Crippen LogP contribution in [0.4, 0.5) is 4.79 Å². The van der Waals surface area contributed by atoms with Gasteiger partial charge < -0.3 is 5.11 Å². The predicted molar refractivity (Wildman–Crippen MR) is 24.1 cm³/mol. The monoisotopic (exact) mass is 136 g/mol. The van der Waals surface area contributed by atoms with Crippen LogP contribution >= 0.6 is 15.8 Å². The molecule has 0 aromatic carbocycles. The smallest absolute Gasteiger partial charge is 0.337 e. The summed E-state index contributed by atoms with van der Waals surface area (Å²) in [5.41, 5.74) is 0. The van der Waals surface area contributed by atoms with E-state index in [1.807, 2.05) is 0 Å². The van der Waals surface area contributed by atoms with Crippen molar-refractivity contribution in [2.24, 2.45) is 0 Å². The fourth-order valence-corrected chi connectivity index (χ4v) is 0. The molecule has 0 bridgehead atoms. The number of carboxylic acid groups (broad SMARTS) is 1. The molecule has 0 amide bonds. The highest BCUT2D eigenvalue weighted by Crippen LogP contribution is 1.71. The number of hydrogen-bond acceptors (Lipinski definition) is 1. The first-order valence-corrected chi connectivity index (χ1v) is 2.17. The third-order valence-corrected chi connectivity index (χ3v) is 0.594. The molecule has 0 saturated carbocycles. The Morgan fingerprint density at radius 3 is 2.20 bits per heavy atom. The Morgan fingerprint density at radius 2 is 2.20 bits per heavy atom. The minimum absolute atomic E-state index is 0.0347.